The second kappa shape index (κ2) is 8.73. The second-order valence-corrected chi connectivity index (χ2v) is 7.39. The monoisotopic (exact) mass is 388 g/mol. The first kappa shape index (κ1) is 18.9. The third kappa shape index (κ3) is 5.31. The summed E-state index contributed by atoms with van der Waals surface area (Å²) in [5.74, 6) is 0.193. The molecule has 1 heterocycles. The van der Waals surface area contributed by atoms with Crippen molar-refractivity contribution in [2.75, 3.05) is 17.2 Å². The molecule has 148 valence electrons. The average Bonchev–Trinajstić information content (AvgIpc) is 3.58. The number of aromatic nitrogens is 2. The van der Waals surface area contributed by atoms with Crippen LogP contribution in [0.15, 0.2) is 66.9 Å². The number of carboxylic acids is 1. The largest absolute Gasteiger partial charge is 0.480 e. The maximum absolute atomic E-state index is 11.7. The van der Waals surface area contributed by atoms with Gasteiger partial charge in [-0.25, -0.2) is 14.8 Å². The molecule has 6 heteroatoms. The number of hydrogen-bond acceptors (Lipinski definition) is 5. The highest BCUT2D eigenvalue weighted by Gasteiger charge is 2.21. The van der Waals surface area contributed by atoms with Crippen molar-refractivity contribution in [1.82, 2.24) is 9.97 Å². The molecule has 4 rings (SSSR count). The van der Waals surface area contributed by atoms with Crippen molar-refractivity contribution in [3.8, 4) is 11.3 Å². The zero-order valence-corrected chi connectivity index (χ0v) is 16.1. The summed E-state index contributed by atoms with van der Waals surface area (Å²) < 4.78 is 0. The number of carbonyl (C=O) groups is 1. The topological polar surface area (TPSA) is 87.1 Å². The van der Waals surface area contributed by atoms with Crippen LogP contribution in [-0.2, 0) is 11.2 Å². The molecule has 1 fully saturated rings. The van der Waals surface area contributed by atoms with Gasteiger partial charge in [-0.1, -0.05) is 42.5 Å². The zero-order valence-electron chi connectivity index (χ0n) is 16.1. The summed E-state index contributed by atoms with van der Waals surface area (Å²) in [6.07, 6.45) is 4.64. The lowest BCUT2D eigenvalue weighted by Gasteiger charge is -2.15. The summed E-state index contributed by atoms with van der Waals surface area (Å²) in [6.45, 7) is 1.03. The molecule has 0 radical (unpaired) electrons. The number of nitrogens with one attached hydrogen (secondary N) is 2. The lowest BCUT2D eigenvalue weighted by molar-refractivity contribution is -0.137. The van der Waals surface area contributed by atoms with E-state index in [9.17, 15) is 9.90 Å². The van der Waals surface area contributed by atoms with Gasteiger partial charge in [-0.2, -0.15) is 0 Å². The van der Waals surface area contributed by atoms with Crippen LogP contribution in [-0.4, -0.2) is 33.6 Å². The third-order valence-electron chi connectivity index (χ3n) is 5.01. The van der Waals surface area contributed by atoms with E-state index in [0.717, 1.165) is 35.0 Å². The highest BCUT2D eigenvalue weighted by atomic mass is 16.4. The maximum Gasteiger partial charge on any atom is 0.326 e. The molecule has 2 aromatic carbocycles. The van der Waals surface area contributed by atoms with Gasteiger partial charge in [0.15, 0.2) is 0 Å². The quantitative estimate of drug-likeness (QED) is 0.512. The molecule has 1 aliphatic carbocycles. The third-order valence-corrected chi connectivity index (χ3v) is 5.01. The molecule has 1 atom stereocenters. The first-order valence-corrected chi connectivity index (χ1v) is 9.88. The fraction of sp³-hybridized carbons (Fsp3) is 0.261. The fourth-order valence-corrected chi connectivity index (χ4v) is 3.14. The van der Waals surface area contributed by atoms with Crippen molar-refractivity contribution >= 4 is 17.6 Å². The van der Waals surface area contributed by atoms with Crippen molar-refractivity contribution in [1.29, 1.82) is 0 Å². The molecule has 3 N–H and O–H groups in total. The number of nitrogens with zero attached hydrogens (tertiary/aromatic N) is 2. The molecule has 0 spiro atoms. The molecular weight excluding hydrogens is 364 g/mol. The minimum Gasteiger partial charge on any atom is -0.480 e. The Bertz CT molecular complexity index is 956. The predicted octanol–water partition coefficient (Wildman–Crippen LogP) is 4.07. The van der Waals surface area contributed by atoms with Gasteiger partial charge < -0.3 is 15.7 Å². The average molecular weight is 388 g/mol. The van der Waals surface area contributed by atoms with Crippen molar-refractivity contribution in [3.05, 3.63) is 72.4 Å². The van der Waals surface area contributed by atoms with Gasteiger partial charge in [0.05, 0.1) is 5.69 Å². The van der Waals surface area contributed by atoms with Crippen LogP contribution in [0.2, 0.25) is 0 Å². The number of anilines is 2. The number of hydrogen-bond donors (Lipinski definition) is 3. The number of carboxylic acid groups (broad SMARTS) is 1. The van der Waals surface area contributed by atoms with E-state index in [-0.39, 0.29) is 0 Å². The van der Waals surface area contributed by atoms with Gasteiger partial charge in [-0.05, 0) is 42.5 Å². The van der Waals surface area contributed by atoms with E-state index >= 15 is 0 Å². The van der Waals surface area contributed by atoms with Gasteiger partial charge in [0.2, 0.25) is 5.95 Å². The molecule has 3 aromatic rings. The number of rotatable bonds is 9. The molecule has 1 saturated carbocycles. The minimum absolute atomic E-state index is 0.307. The smallest absolute Gasteiger partial charge is 0.326 e. The standard InChI is InChI=1S/C23H24N4O2/c28-22(29)21(14-16-4-2-1-3-5-16)27-23-24-13-12-20(26-23)18-8-10-19(11-9-18)25-15-17-6-7-17/h1-5,8-13,17,21,25H,6-7,14-15H2,(H,28,29)(H,24,26,27). The first-order valence-electron chi connectivity index (χ1n) is 9.88. The van der Waals surface area contributed by atoms with Crippen molar-refractivity contribution in [2.45, 2.75) is 25.3 Å². The summed E-state index contributed by atoms with van der Waals surface area (Å²) in [7, 11) is 0. The Hall–Kier alpha value is -3.41. The normalized spacial score (nSPS) is 14.2. The Morgan fingerprint density at radius 3 is 2.52 bits per heavy atom. The van der Waals surface area contributed by atoms with E-state index in [0.29, 0.717) is 12.4 Å². The molecule has 0 aliphatic heterocycles. The zero-order chi connectivity index (χ0) is 20.1. The van der Waals surface area contributed by atoms with Crippen LogP contribution in [0.3, 0.4) is 0 Å². The number of benzene rings is 2. The highest BCUT2D eigenvalue weighted by Crippen LogP contribution is 2.29. The van der Waals surface area contributed by atoms with Gasteiger partial charge in [0, 0.05) is 30.4 Å². The molecule has 0 saturated heterocycles. The van der Waals surface area contributed by atoms with Crippen LogP contribution in [0.5, 0.6) is 0 Å². The van der Waals surface area contributed by atoms with Crippen LogP contribution >= 0.6 is 0 Å². The van der Waals surface area contributed by atoms with E-state index < -0.39 is 12.0 Å². The molecule has 1 aromatic heterocycles. The Kier molecular flexibility index (Phi) is 5.70. The van der Waals surface area contributed by atoms with Gasteiger partial charge in [0.1, 0.15) is 6.04 Å². The SMILES string of the molecule is O=C(O)C(Cc1ccccc1)Nc1nccc(-c2ccc(NCC3CC3)cc2)n1. The molecule has 1 aliphatic rings. The van der Waals surface area contributed by atoms with Crippen LogP contribution in [0, 0.1) is 5.92 Å². The van der Waals surface area contributed by atoms with Crippen molar-refractivity contribution in [3.63, 3.8) is 0 Å². The van der Waals surface area contributed by atoms with E-state index in [1.165, 1.54) is 12.8 Å². The predicted molar refractivity (Wildman–Crippen MR) is 114 cm³/mol. The lowest BCUT2D eigenvalue weighted by Crippen LogP contribution is -2.32. The van der Waals surface area contributed by atoms with Crippen LogP contribution in [0.25, 0.3) is 11.3 Å². The van der Waals surface area contributed by atoms with Gasteiger partial charge in [-0.3, -0.25) is 0 Å². The lowest BCUT2D eigenvalue weighted by atomic mass is 10.1. The molecule has 6 nitrogen and oxygen atoms in total. The van der Waals surface area contributed by atoms with Crippen LogP contribution in [0.4, 0.5) is 11.6 Å². The summed E-state index contributed by atoms with van der Waals surface area (Å²) in [4.78, 5) is 20.4. The van der Waals surface area contributed by atoms with Crippen LogP contribution in [0.1, 0.15) is 18.4 Å². The van der Waals surface area contributed by atoms with E-state index in [1.807, 2.05) is 60.7 Å². The summed E-state index contributed by atoms with van der Waals surface area (Å²) in [5, 5.41) is 16.0. The second-order valence-electron chi connectivity index (χ2n) is 7.39. The fourth-order valence-electron chi connectivity index (χ4n) is 3.14. The van der Waals surface area contributed by atoms with Gasteiger partial charge >= 0.3 is 5.97 Å². The summed E-state index contributed by atoms with van der Waals surface area (Å²) in [6, 6.07) is 18.7. The number of aliphatic carboxylic acids is 1. The van der Waals surface area contributed by atoms with Crippen molar-refractivity contribution < 1.29 is 9.90 Å². The van der Waals surface area contributed by atoms with Gasteiger partial charge in [0.25, 0.3) is 0 Å². The Balaban J connectivity index is 1.44. The van der Waals surface area contributed by atoms with E-state index in [1.54, 1.807) is 6.20 Å². The molecule has 0 bridgehead atoms. The van der Waals surface area contributed by atoms with Gasteiger partial charge in [-0.15, -0.1) is 0 Å². The molecular formula is C23H24N4O2. The van der Waals surface area contributed by atoms with Crippen LogP contribution < -0.4 is 10.6 Å². The minimum atomic E-state index is -0.936. The Morgan fingerprint density at radius 2 is 1.83 bits per heavy atom. The Morgan fingerprint density at radius 1 is 1.07 bits per heavy atom. The summed E-state index contributed by atoms with van der Waals surface area (Å²) >= 11 is 0. The van der Waals surface area contributed by atoms with E-state index in [2.05, 4.69) is 20.6 Å². The molecule has 29 heavy (non-hydrogen) atoms. The maximum atomic E-state index is 11.7. The van der Waals surface area contributed by atoms with E-state index in [4.69, 9.17) is 0 Å². The summed E-state index contributed by atoms with van der Waals surface area (Å²) in [5.41, 5.74) is 3.75. The highest BCUT2D eigenvalue weighted by molar-refractivity contribution is 5.77. The first-order chi connectivity index (χ1) is 14.2. The van der Waals surface area contributed by atoms with Crippen molar-refractivity contribution in [2.24, 2.45) is 5.92 Å². The Labute approximate surface area is 170 Å². The molecule has 0 amide bonds. The molecule has 1 unspecified atom stereocenters.